The number of fused-ring (bicyclic) bond motifs is 1. The minimum absolute atomic E-state index is 0.0866. The second kappa shape index (κ2) is 7.88. The lowest BCUT2D eigenvalue weighted by molar-refractivity contribution is 0.0993. The summed E-state index contributed by atoms with van der Waals surface area (Å²) in [6, 6.07) is 22.9. The summed E-state index contributed by atoms with van der Waals surface area (Å²) in [4.78, 5) is 22.7. The first kappa shape index (κ1) is 17.7. The number of pyridine rings is 2. The summed E-state index contributed by atoms with van der Waals surface area (Å²) in [5.74, 6) is 0.639. The SMILES string of the molecule is CN(C(=O)c1ccncc1)c1ccc(OCc2ccc3ccccc3n2)cc1. The standard InChI is InChI=1S/C23H19N3O2/c1-26(23(27)18-12-14-24-15-13-18)20-8-10-21(11-9-20)28-16-19-7-6-17-4-2-3-5-22(17)25-19/h2-15H,16H2,1H3. The molecule has 0 spiro atoms. The summed E-state index contributed by atoms with van der Waals surface area (Å²) in [6.07, 6.45) is 3.22. The molecule has 0 atom stereocenters. The average molecular weight is 369 g/mol. The van der Waals surface area contributed by atoms with Crippen LogP contribution in [0.1, 0.15) is 16.1 Å². The minimum Gasteiger partial charge on any atom is -0.487 e. The molecule has 1 amide bonds. The summed E-state index contributed by atoms with van der Waals surface area (Å²) in [5.41, 5.74) is 3.21. The number of carbonyl (C=O) groups excluding carboxylic acids is 1. The Morgan fingerprint density at radius 2 is 1.68 bits per heavy atom. The van der Waals surface area contributed by atoms with Gasteiger partial charge >= 0.3 is 0 Å². The van der Waals surface area contributed by atoms with Crippen molar-refractivity contribution in [2.24, 2.45) is 0 Å². The van der Waals surface area contributed by atoms with E-state index in [0.717, 1.165) is 28.0 Å². The van der Waals surface area contributed by atoms with Crippen molar-refractivity contribution in [2.75, 3.05) is 11.9 Å². The van der Waals surface area contributed by atoms with Crippen molar-refractivity contribution >= 4 is 22.5 Å². The van der Waals surface area contributed by atoms with Gasteiger partial charge in [0.2, 0.25) is 0 Å². The predicted molar refractivity (Wildman–Crippen MR) is 109 cm³/mol. The molecule has 0 fully saturated rings. The third-order valence-corrected chi connectivity index (χ3v) is 4.50. The first-order chi connectivity index (χ1) is 13.7. The Balaban J connectivity index is 1.42. The second-order valence-electron chi connectivity index (χ2n) is 6.38. The van der Waals surface area contributed by atoms with Crippen molar-refractivity contribution < 1.29 is 9.53 Å². The Bertz CT molecular complexity index is 1100. The lowest BCUT2D eigenvalue weighted by Crippen LogP contribution is -2.26. The number of anilines is 1. The maximum atomic E-state index is 12.5. The zero-order valence-electron chi connectivity index (χ0n) is 15.4. The van der Waals surface area contributed by atoms with Crippen LogP contribution in [-0.2, 0) is 6.61 Å². The topological polar surface area (TPSA) is 55.3 Å². The quantitative estimate of drug-likeness (QED) is 0.520. The fourth-order valence-electron chi connectivity index (χ4n) is 2.92. The molecular formula is C23H19N3O2. The average Bonchev–Trinajstić information content (AvgIpc) is 2.77. The van der Waals surface area contributed by atoms with Gasteiger partial charge in [-0.2, -0.15) is 0 Å². The molecule has 28 heavy (non-hydrogen) atoms. The molecule has 0 aliphatic heterocycles. The Kier molecular flexibility index (Phi) is 4.97. The Morgan fingerprint density at radius 1 is 0.929 bits per heavy atom. The fourth-order valence-corrected chi connectivity index (χ4v) is 2.92. The number of hydrogen-bond donors (Lipinski definition) is 0. The number of rotatable bonds is 5. The number of para-hydroxylation sites is 1. The van der Waals surface area contributed by atoms with Crippen LogP contribution >= 0.6 is 0 Å². The molecule has 2 aromatic carbocycles. The first-order valence-electron chi connectivity index (χ1n) is 8.96. The maximum absolute atomic E-state index is 12.5. The van der Waals surface area contributed by atoms with Crippen LogP contribution in [-0.4, -0.2) is 22.9 Å². The number of amides is 1. The van der Waals surface area contributed by atoms with Crippen LogP contribution in [0.2, 0.25) is 0 Å². The largest absolute Gasteiger partial charge is 0.487 e. The molecule has 0 unspecified atom stereocenters. The van der Waals surface area contributed by atoms with Crippen molar-refractivity contribution in [1.82, 2.24) is 9.97 Å². The fraction of sp³-hybridized carbons (Fsp3) is 0.0870. The summed E-state index contributed by atoms with van der Waals surface area (Å²) in [7, 11) is 1.75. The van der Waals surface area contributed by atoms with Crippen LogP contribution in [0, 0.1) is 0 Å². The van der Waals surface area contributed by atoms with Crippen LogP contribution in [0.4, 0.5) is 5.69 Å². The van der Waals surface area contributed by atoms with Crippen LogP contribution < -0.4 is 9.64 Å². The molecule has 5 heteroatoms. The van der Waals surface area contributed by atoms with Crippen molar-refractivity contribution in [1.29, 1.82) is 0 Å². The van der Waals surface area contributed by atoms with Crippen molar-refractivity contribution in [3.05, 3.63) is 96.4 Å². The lowest BCUT2D eigenvalue weighted by Gasteiger charge is -2.17. The predicted octanol–water partition coefficient (Wildman–Crippen LogP) is 4.49. The highest BCUT2D eigenvalue weighted by Crippen LogP contribution is 2.21. The van der Waals surface area contributed by atoms with Crippen molar-refractivity contribution in [3.63, 3.8) is 0 Å². The molecule has 0 bridgehead atoms. The summed E-state index contributed by atoms with van der Waals surface area (Å²) in [5, 5.41) is 1.11. The highest BCUT2D eigenvalue weighted by Gasteiger charge is 2.13. The molecule has 4 rings (SSSR count). The van der Waals surface area contributed by atoms with Gasteiger partial charge in [-0.1, -0.05) is 24.3 Å². The normalized spacial score (nSPS) is 10.6. The maximum Gasteiger partial charge on any atom is 0.258 e. The number of benzene rings is 2. The first-order valence-corrected chi connectivity index (χ1v) is 8.96. The van der Waals surface area contributed by atoms with Gasteiger partial charge in [-0.3, -0.25) is 9.78 Å². The zero-order valence-corrected chi connectivity index (χ0v) is 15.4. The van der Waals surface area contributed by atoms with E-state index < -0.39 is 0 Å². The third-order valence-electron chi connectivity index (χ3n) is 4.50. The van der Waals surface area contributed by atoms with Gasteiger partial charge < -0.3 is 9.64 Å². The molecule has 0 saturated carbocycles. The van der Waals surface area contributed by atoms with E-state index in [2.05, 4.69) is 9.97 Å². The number of ether oxygens (including phenoxy) is 1. The zero-order chi connectivity index (χ0) is 19.3. The highest BCUT2D eigenvalue weighted by atomic mass is 16.5. The van der Waals surface area contributed by atoms with Crippen LogP contribution in [0.25, 0.3) is 10.9 Å². The molecule has 2 heterocycles. The molecule has 138 valence electrons. The number of carbonyl (C=O) groups is 1. The molecule has 2 aromatic heterocycles. The smallest absolute Gasteiger partial charge is 0.258 e. The van der Waals surface area contributed by atoms with Gasteiger partial charge in [0.25, 0.3) is 5.91 Å². The monoisotopic (exact) mass is 369 g/mol. The minimum atomic E-state index is -0.0866. The van der Waals surface area contributed by atoms with Gasteiger partial charge in [-0.15, -0.1) is 0 Å². The van der Waals surface area contributed by atoms with Crippen LogP contribution in [0.5, 0.6) is 5.75 Å². The summed E-state index contributed by atoms with van der Waals surface area (Å²) >= 11 is 0. The van der Waals surface area contributed by atoms with Crippen LogP contribution in [0.15, 0.2) is 85.2 Å². The molecule has 0 radical (unpaired) electrons. The number of hydrogen-bond acceptors (Lipinski definition) is 4. The van der Waals surface area contributed by atoms with E-state index in [1.54, 1.807) is 36.5 Å². The number of aromatic nitrogens is 2. The molecular weight excluding hydrogens is 350 g/mol. The van der Waals surface area contributed by atoms with Gasteiger partial charge in [0.1, 0.15) is 12.4 Å². The molecule has 5 nitrogen and oxygen atoms in total. The number of nitrogens with zero attached hydrogens (tertiary/aromatic N) is 3. The molecule has 0 N–H and O–H groups in total. The van der Waals surface area contributed by atoms with Gasteiger partial charge in [0.05, 0.1) is 11.2 Å². The highest BCUT2D eigenvalue weighted by molar-refractivity contribution is 6.05. The summed E-state index contributed by atoms with van der Waals surface area (Å²) in [6.45, 7) is 0.385. The third kappa shape index (κ3) is 3.83. The van der Waals surface area contributed by atoms with Crippen LogP contribution in [0.3, 0.4) is 0 Å². The molecule has 0 aliphatic rings. The Hall–Kier alpha value is -3.73. The van der Waals surface area contributed by atoms with Gasteiger partial charge in [0.15, 0.2) is 0 Å². The van der Waals surface area contributed by atoms with Crippen molar-refractivity contribution in [3.8, 4) is 5.75 Å². The van der Waals surface area contributed by atoms with E-state index in [1.807, 2.05) is 60.7 Å². The Morgan fingerprint density at radius 3 is 2.46 bits per heavy atom. The van der Waals surface area contributed by atoms with Gasteiger partial charge in [-0.05, 0) is 48.5 Å². The van der Waals surface area contributed by atoms with E-state index in [-0.39, 0.29) is 5.91 Å². The van der Waals surface area contributed by atoms with E-state index in [9.17, 15) is 4.79 Å². The van der Waals surface area contributed by atoms with E-state index in [4.69, 9.17) is 4.74 Å². The van der Waals surface area contributed by atoms with E-state index in [0.29, 0.717) is 12.2 Å². The van der Waals surface area contributed by atoms with Crippen molar-refractivity contribution in [2.45, 2.75) is 6.61 Å². The van der Waals surface area contributed by atoms with Gasteiger partial charge in [-0.25, -0.2) is 4.98 Å². The summed E-state index contributed by atoms with van der Waals surface area (Å²) < 4.78 is 5.85. The lowest BCUT2D eigenvalue weighted by atomic mass is 10.2. The molecule has 0 aliphatic carbocycles. The van der Waals surface area contributed by atoms with E-state index in [1.165, 1.54) is 0 Å². The van der Waals surface area contributed by atoms with Gasteiger partial charge in [0, 0.05) is 36.1 Å². The molecule has 0 saturated heterocycles. The molecule has 4 aromatic rings. The Labute approximate surface area is 163 Å². The van der Waals surface area contributed by atoms with E-state index >= 15 is 0 Å². The second-order valence-corrected chi connectivity index (χ2v) is 6.38.